The zero-order valence-corrected chi connectivity index (χ0v) is 16.2. The van der Waals surface area contributed by atoms with Gasteiger partial charge in [-0.15, -0.1) is 0 Å². The van der Waals surface area contributed by atoms with E-state index < -0.39 is 0 Å². The lowest BCUT2D eigenvalue weighted by molar-refractivity contribution is 0.0945. The Morgan fingerprint density at radius 1 is 1.07 bits per heavy atom. The molecule has 2 aromatic carbocycles. The minimum atomic E-state index is -0.387. The summed E-state index contributed by atoms with van der Waals surface area (Å²) in [5.74, 6) is -0.674. The Bertz CT molecular complexity index is 934. The molecule has 0 fully saturated rings. The average Bonchev–Trinajstić information content (AvgIpc) is 3.21. The minimum absolute atomic E-state index is 0.252. The number of amides is 1. The third-order valence-corrected chi connectivity index (χ3v) is 4.67. The van der Waals surface area contributed by atoms with E-state index in [9.17, 15) is 9.18 Å². The number of hydrogen-bond donors (Lipinski definition) is 1. The number of aromatic nitrogens is 2. The molecule has 0 saturated carbocycles. The van der Waals surface area contributed by atoms with E-state index in [-0.39, 0.29) is 17.4 Å². The summed E-state index contributed by atoms with van der Waals surface area (Å²) in [4.78, 5) is 14.8. The van der Waals surface area contributed by atoms with E-state index in [1.807, 2.05) is 12.1 Å². The maximum Gasteiger partial charge on any atom is 0.272 e. The van der Waals surface area contributed by atoms with Gasteiger partial charge in [0.05, 0.1) is 0 Å². The second-order valence-electron chi connectivity index (χ2n) is 6.56. The fraction of sp³-hybridized carbons (Fsp3) is 0.273. The molecule has 5 nitrogen and oxygen atoms in total. The van der Waals surface area contributed by atoms with E-state index in [0.29, 0.717) is 12.2 Å². The molecule has 0 bridgehead atoms. The molecule has 3 rings (SSSR count). The van der Waals surface area contributed by atoms with Crippen molar-refractivity contribution in [3.8, 4) is 5.69 Å². The zero-order chi connectivity index (χ0) is 19.9. The van der Waals surface area contributed by atoms with E-state index in [4.69, 9.17) is 0 Å². The lowest BCUT2D eigenvalue weighted by Gasteiger charge is -2.18. The summed E-state index contributed by atoms with van der Waals surface area (Å²) in [5.41, 5.74) is 2.82. The van der Waals surface area contributed by atoms with Gasteiger partial charge in [-0.3, -0.25) is 9.69 Å². The molecule has 0 aliphatic heterocycles. The highest BCUT2D eigenvalue weighted by molar-refractivity contribution is 5.92. The number of carbonyl (C=O) groups excluding carboxylic acids is 1. The van der Waals surface area contributed by atoms with Crippen LogP contribution < -0.4 is 5.32 Å². The van der Waals surface area contributed by atoms with Gasteiger partial charge < -0.3 is 5.32 Å². The number of hydrogen-bond acceptors (Lipinski definition) is 3. The van der Waals surface area contributed by atoms with Gasteiger partial charge in [0.15, 0.2) is 5.69 Å². The second-order valence-corrected chi connectivity index (χ2v) is 6.56. The van der Waals surface area contributed by atoms with Gasteiger partial charge in [-0.1, -0.05) is 50.2 Å². The van der Waals surface area contributed by atoms with Gasteiger partial charge in [0.25, 0.3) is 5.91 Å². The maximum atomic E-state index is 13.9. The molecule has 0 spiro atoms. The highest BCUT2D eigenvalue weighted by atomic mass is 19.1. The molecule has 1 amide bonds. The van der Waals surface area contributed by atoms with E-state index in [2.05, 4.69) is 41.3 Å². The van der Waals surface area contributed by atoms with Gasteiger partial charge in [-0.05, 0) is 42.4 Å². The monoisotopic (exact) mass is 380 g/mol. The van der Waals surface area contributed by atoms with Crippen molar-refractivity contribution in [3.63, 3.8) is 0 Å². The van der Waals surface area contributed by atoms with Crippen LogP contribution in [0, 0.1) is 5.82 Å². The number of nitrogens with zero attached hydrogens (tertiary/aromatic N) is 3. The molecular formula is C22H25FN4O. The van der Waals surface area contributed by atoms with Gasteiger partial charge >= 0.3 is 0 Å². The Labute approximate surface area is 164 Å². The van der Waals surface area contributed by atoms with Crippen molar-refractivity contribution in [1.29, 1.82) is 0 Å². The maximum absolute atomic E-state index is 13.9. The Morgan fingerprint density at radius 2 is 1.82 bits per heavy atom. The Kier molecular flexibility index (Phi) is 6.55. The number of para-hydroxylation sites is 1. The predicted molar refractivity (Wildman–Crippen MR) is 108 cm³/mol. The summed E-state index contributed by atoms with van der Waals surface area (Å²) in [6.07, 6.45) is 1.58. The second kappa shape index (κ2) is 9.28. The van der Waals surface area contributed by atoms with Crippen LogP contribution >= 0.6 is 0 Å². The number of carbonyl (C=O) groups is 1. The summed E-state index contributed by atoms with van der Waals surface area (Å²) in [7, 11) is 0. The minimum Gasteiger partial charge on any atom is -0.347 e. The van der Waals surface area contributed by atoms with Crippen molar-refractivity contribution in [2.45, 2.75) is 26.9 Å². The van der Waals surface area contributed by atoms with Crippen LogP contribution in [0.5, 0.6) is 0 Å². The van der Waals surface area contributed by atoms with Crippen molar-refractivity contribution >= 4 is 5.91 Å². The topological polar surface area (TPSA) is 50.2 Å². The van der Waals surface area contributed by atoms with E-state index in [1.165, 1.54) is 16.3 Å². The zero-order valence-electron chi connectivity index (χ0n) is 16.2. The molecule has 1 heterocycles. The number of benzene rings is 2. The van der Waals surface area contributed by atoms with Crippen molar-refractivity contribution in [3.05, 3.63) is 83.4 Å². The summed E-state index contributed by atoms with van der Waals surface area (Å²) < 4.78 is 15.2. The Hall–Kier alpha value is -2.99. The van der Waals surface area contributed by atoms with Crippen LogP contribution in [-0.2, 0) is 13.1 Å². The SMILES string of the molecule is CCN(CC)Cc1cccc(CNC(=O)c2ccn(-c3ccccc3F)n2)c1. The molecule has 6 heteroatoms. The van der Waals surface area contributed by atoms with E-state index >= 15 is 0 Å². The first kappa shape index (κ1) is 19.8. The number of rotatable bonds is 8. The van der Waals surface area contributed by atoms with Gasteiger partial charge in [-0.2, -0.15) is 5.10 Å². The van der Waals surface area contributed by atoms with Gasteiger partial charge in [0, 0.05) is 19.3 Å². The third kappa shape index (κ3) is 4.84. The van der Waals surface area contributed by atoms with Crippen molar-refractivity contribution in [1.82, 2.24) is 20.0 Å². The molecule has 28 heavy (non-hydrogen) atoms. The highest BCUT2D eigenvalue weighted by Crippen LogP contribution is 2.12. The standard InChI is InChI=1S/C22H25FN4O/c1-3-26(4-2)16-18-9-7-8-17(14-18)15-24-22(28)20-12-13-27(25-20)21-11-6-5-10-19(21)23/h5-14H,3-4,15-16H2,1-2H3,(H,24,28). The largest absolute Gasteiger partial charge is 0.347 e. The molecule has 0 radical (unpaired) electrons. The number of halogens is 1. The fourth-order valence-corrected chi connectivity index (χ4v) is 3.03. The van der Waals surface area contributed by atoms with Gasteiger partial charge in [0.2, 0.25) is 0 Å². The molecule has 1 N–H and O–H groups in total. The summed E-state index contributed by atoms with van der Waals surface area (Å²) in [6, 6.07) is 16.1. The molecule has 0 unspecified atom stereocenters. The van der Waals surface area contributed by atoms with Crippen molar-refractivity contribution in [2.24, 2.45) is 0 Å². The lowest BCUT2D eigenvalue weighted by Crippen LogP contribution is -2.24. The smallest absolute Gasteiger partial charge is 0.272 e. The van der Waals surface area contributed by atoms with Crippen molar-refractivity contribution < 1.29 is 9.18 Å². The van der Waals surface area contributed by atoms with Crippen LogP contribution in [0.2, 0.25) is 0 Å². The normalized spacial score (nSPS) is 11.0. The van der Waals surface area contributed by atoms with Crippen LogP contribution in [0.4, 0.5) is 4.39 Å². The van der Waals surface area contributed by atoms with E-state index in [0.717, 1.165) is 25.2 Å². The van der Waals surface area contributed by atoms with Crippen LogP contribution in [0.3, 0.4) is 0 Å². The molecule has 0 saturated heterocycles. The molecule has 0 aliphatic carbocycles. The first-order valence-corrected chi connectivity index (χ1v) is 9.49. The first-order chi connectivity index (χ1) is 13.6. The summed E-state index contributed by atoms with van der Waals surface area (Å²) in [6.45, 7) is 7.60. The Balaban J connectivity index is 1.63. The Morgan fingerprint density at radius 3 is 2.57 bits per heavy atom. The lowest BCUT2D eigenvalue weighted by atomic mass is 10.1. The first-order valence-electron chi connectivity index (χ1n) is 9.49. The summed E-state index contributed by atoms with van der Waals surface area (Å²) >= 11 is 0. The third-order valence-electron chi connectivity index (χ3n) is 4.67. The molecule has 1 aromatic heterocycles. The molecular weight excluding hydrogens is 355 g/mol. The molecule has 146 valence electrons. The van der Waals surface area contributed by atoms with Gasteiger partial charge in [0.1, 0.15) is 11.5 Å². The van der Waals surface area contributed by atoms with Crippen LogP contribution in [0.15, 0.2) is 60.8 Å². The van der Waals surface area contributed by atoms with Crippen LogP contribution in [0.1, 0.15) is 35.5 Å². The molecule has 0 aliphatic rings. The average molecular weight is 380 g/mol. The highest BCUT2D eigenvalue weighted by Gasteiger charge is 2.12. The quantitative estimate of drug-likeness (QED) is 0.647. The molecule has 3 aromatic rings. The van der Waals surface area contributed by atoms with Crippen molar-refractivity contribution in [2.75, 3.05) is 13.1 Å². The van der Waals surface area contributed by atoms with Gasteiger partial charge in [-0.25, -0.2) is 9.07 Å². The predicted octanol–water partition coefficient (Wildman–Crippen LogP) is 3.78. The number of nitrogens with one attached hydrogen (secondary N) is 1. The summed E-state index contributed by atoms with van der Waals surface area (Å²) in [5, 5.41) is 7.07. The van der Waals surface area contributed by atoms with Crippen LogP contribution in [-0.4, -0.2) is 33.7 Å². The van der Waals surface area contributed by atoms with E-state index in [1.54, 1.807) is 30.5 Å². The fourth-order valence-electron chi connectivity index (χ4n) is 3.03. The molecule has 0 atom stereocenters. The van der Waals surface area contributed by atoms with Crippen LogP contribution in [0.25, 0.3) is 5.69 Å².